The molecule has 1 aliphatic heterocycles. The molecule has 2 aromatic rings. The second-order valence-corrected chi connectivity index (χ2v) is 6.31. The van der Waals surface area contributed by atoms with Gasteiger partial charge in [-0.2, -0.15) is 0 Å². The zero-order chi connectivity index (χ0) is 19.1. The average Bonchev–Trinajstić information content (AvgIpc) is 2.67. The van der Waals surface area contributed by atoms with Crippen molar-refractivity contribution in [2.24, 2.45) is 0 Å². The lowest BCUT2D eigenvalue weighted by molar-refractivity contribution is -0.115. The Kier molecular flexibility index (Phi) is 6.27. The summed E-state index contributed by atoms with van der Waals surface area (Å²) in [6.45, 7) is 4.84. The second-order valence-electron chi connectivity index (χ2n) is 6.31. The van der Waals surface area contributed by atoms with Gasteiger partial charge in [-0.15, -0.1) is 0 Å². The Morgan fingerprint density at radius 1 is 0.963 bits per heavy atom. The Hall–Kier alpha value is -3.06. The maximum absolute atomic E-state index is 12.2. The molecule has 1 fully saturated rings. The van der Waals surface area contributed by atoms with E-state index in [0.717, 1.165) is 43.4 Å². The van der Waals surface area contributed by atoms with E-state index in [0.29, 0.717) is 5.69 Å². The summed E-state index contributed by atoms with van der Waals surface area (Å²) in [5.74, 6) is -0.274. The Bertz CT molecular complexity index is 786. The minimum atomic E-state index is -0.140. The highest BCUT2D eigenvalue weighted by molar-refractivity contribution is 5.94. The van der Waals surface area contributed by atoms with E-state index in [9.17, 15) is 9.59 Å². The van der Waals surface area contributed by atoms with Gasteiger partial charge < -0.3 is 25.6 Å². The summed E-state index contributed by atoms with van der Waals surface area (Å²) in [7, 11) is 0. The van der Waals surface area contributed by atoms with Crippen molar-refractivity contribution in [1.29, 1.82) is 0 Å². The number of morpholine rings is 1. The lowest BCUT2D eigenvalue weighted by Gasteiger charge is -2.28. The van der Waals surface area contributed by atoms with Gasteiger partial charge in [0.2, 0.25) is 11.8 Å². The first-order valence-corrected chi connectivity index (χ1v) is 8.94. The van der Waals surface area contributed by atoms with Crippen molar-refractivity contribution in [1.82, 2.24) is 0 Å². The first-order valence-electron chi connectivity index (χ1n) is 8.94. The van der Waals surface area contributed by atoms with E-state index in [1.807, 2.05) is 36.4 Å². The van der Waals surface area contributed by atoms with Gasteiger partial charge in [-0.1, -0.05) is 6.07 Å². The number of hydrogen-bond donors (Lipinski definition) is 3. The first-order chi connectivity index (χ1) is 13.1. The molecule has 0 bridgehead atoms. The quantitative estimate of drug-likeness (QED) is 0.730. The van der Waals surface area contributed by atoms with Crippen LogP contribution in [0.15, 0.2) is 48.5 Å². The molecule has 2 amide bonds. The number of nitrogens with zero attached hydrogens (tertiary/aromatic N) is 1. The van der Waals surface area contributed by atoms with Crippen molar-refractivity contribution in [2.75, 3.05) is 53.7 Å². The number of nitrogens with one attached hydrogen (secondary N) is 3. The van der Waals surface area contributed by atoms with E-state index < -0.39 is 0 Å². The summed E-state index contributed by atoms with van der Waals surface area (Å²) in [4.78, 5) is 25.5. The Morgan fingerprint density at radius 2 is 1.67 bits per heavy atom. The lowest BCUT2D eigenvalue weighted by Crippen LogP contribution is -2.36. The molecule has 2 aromatic carbocycles. The van der Waals surface area contributed by atoms with Crippen molar-refractivity contribution in [3.63, 3.8) is 0 Å². The summed E-state index contributed by atoms with van der Waals surface area (Å²) in [6, 6.07) is 15.1. The van der Waals surface area contributed by atoms with Crippen LogP contribution in [0.2, 0.25) is 0 Å². The highest BCUT2D eigenvalue weighted by Gasteiger charge is 2.11. The van der Waals surface area contributed by atoms with E-state index in [-0.39, 0.29) is 18.4 Å². The van der Waals surface area contributed by atoms with Crippen LogP contribution in [-0.2, 0) is 14.3 Å². The van der Waals surface area contributed by atoms with E-state index in [4.69, 9.17) is 4.74 Å². The first kappa shape index (κ1) is 18.7. The maximum Gasteiger partial charge on any atom is 0.243 e. The highest BCUT2D eigenvalue weighted by atomic mass is 16.5. The molecule has 0 radical (unpaired) electrons. The molecule has 1 saturated heterocycles. The van der Waals surface area contributed by atoms with Gasteiger partial charge in [-0.25, -0.2) is 0 Å². The number of anilines is 4. The smallest absolute Gasteiger partial charge is 0.243 e. The van der Waals surface area contributed by atoms with Crippen LogP contribution in [0, 0.1) is 0 Å². The molecular formula is C20H24N4O3. The van der Waals surface area contributed by atoms with Crippen LogP contribution in [-0.4, -0.2) is 44.7 Å². The molecular weight excluding hydrogens is 344 g/mol. The summed E-state index contributed by atoms with van der Waals surface area (Å²) in [6.07, 6.45) is 0. The normalized spacial score (nSPS) is 13.7. The van der Waals surface area contributed by atoms with Gasteiger partial charge in [0.25, 0.3) is 0 Å². The van der Waals surface area contributed by atoms with Crippen LogP contribution in [0.4, 0.5) is 22.7 Å². The largest absolute Gasteiger partial charge is 0.378 e. The van der Waals surface area contributed by atoms with Crippen LogP contribution in [0.25, 0.3) is 0 Å². The van der Waals surface area contributed by atoms with E-state index in [1.165, 1.54) is 6.92 Å². The topological polar surface area (TPSA) is 82.7 Å². The molecule has 1 aliphatic rings. The number of carbonyl (C=O) groups excluding carboxylic acids is 2. The van der Waals surface area contributed by atoms with Crippen LogP contribution >= 0.6 is 0 Å². The third-order valence-electron chi connectivity index (χ3n) is 4.16. The minimum Gasteiger partial charge on any atom is -0.378 e. The van der Waals surface area contributed by atoms with Crippen molar-refractivity contribution in [3.05, 3.63) is 48.5 Å². The summed E-state index contributed by atoms with van der Waals surface area (Å²) in [5.41, 5.74) is 3.33. The minimum absolute atomic E-state index is 0.134. The number of rotatable bonds is 6. The Balaban J connectivity index is 1.49. The predicted molar refractivity (Wildman–Crippen MR) is 107 cm³/mol. The van der Waals surface area contributed by atoms with Crippen molar-refractivity contribution in [2.45, 2.75) is 6.92 Å². The van der Waals surface area contributed by atoms with Gasteiger partial charge >= 0.3 is 0 Å². The SMILES string of the molecule is CC(=O)Nc1cccc(NCC(=O)Nc2ccc(N3CCOCC3)cc2)c1. The highest BCUT2D eigenvalue weighted by Crippen LogP contribution is 2.19. The molecule has 0 saturated carbocycles. The zero-order valence-electron chi connectivity index (χ0n) is 15.3. The van der Waals surface area contributed by atoms with E-state index in [2.05, 4.69) is 20.9 Å². The monoisotopic (exact) mass is 368 g/mol. The van der Waals surface area contributed by atoms with E-state index >= 15 is 0 Å². The van der Waals surface area contributed by atoms with Crippen LogP contribution in [0.5, 0.6) is 0 Å². The lowest BCUT2D eigenvalue weighted by atomic mass is 10.2. The Morgan fingerprint density at radius 3 is 2.37 bits per heavy atom. The molecule has 27 heavy (non-hydrogen) atoms. The number of ether oxygens (including phenoxy) is 1. The van der Waals surface area contributed by atoms with Gasteiger partial charge in [0.05, 0.1) is 19.8 Å². The van der Waals surface area contributed by atoms with E-state index in [1.54, 1.807) is 12.1 Å². The number of benzene rings is 2. The maximum atomic E-state index is 12.2. The predicted octanol–water partition coefficient (Wildman–Crippen LogP) is 2.53. The van der Waals surface area contributed by atoms with Crippen LogP contribution in [0.1, 0.15) is 6.92 Å². The van der Waals surface area contributed by atoms with Gasteiger partial charge in [0.15, 0.2) is 0 Å². The summed E-state index contributed by atoms with van der Waals surface area (Å²) in [5, 5.41) is 8.64. The fraction of sp³-hybridized carbons (Fsp3) is 0.300. The summed E-state index contributed by atoms with van der Waals surface area (Å²) < 4.78 is 5.36. The molecule has 7 nitrogen and oxygen atoms in total. The van der Waals surface area contributed by atoms with Gasteiger partial charge in [-0.3, -0.25) is 9.59 Å². The van der Waals surface area contributed by atoms with Crippen molar-refractivity contribution in [3.8, 4) is 0 Å². The van der Waals surface area contributed by atoms with Gasteiger partial charge in [0, 0.05) is 42.8 Å². The molecule has 3 N–H and O–H groups in total. The second kappa shape index (κ2) is 9.05. The fourth-order valence-electron chi connectivity index (χ4n) is 2.87. The Labute approximate surface area is 158 Å². The molecule has 142 valence electrons. The molecule has 7 heteroatoms. The molecule has 3 rings (SSSR count). The summed E-state index contributed by atoms with van der Waals surface area (Å²) >= 11 is 0. The number of hydrogen-bond acceptors (Lipinski definition) is 5. The van der Waals surface area contributed by atoms with Crippen LogP contribution < -0.4 is 20.9 Å². The molecule has 0 aromatic heterocycles. The number of carbonyl (C=O) groups is 2. The molecule has 0 atom stereocenters. The molecule has 1 heterocycles. The third kappa shape index (κ3) is 5.72. The van der Waals surface area contributed by atoms with Gasteiger partial charge in [0.1, 0.15) is 0 Å². The van der Waals surface area contributed by atoms with Crippen LogP contribution in [0.3, 0.4) is 0 Å². The molecule has 0 aliphatic carbocycles. The average molecular weight is 368 g/mol. The fourth-order valence-corrected chi connectivity index (χ4v) is 2.87. The van der Waals surface area contributed by atoms with Gasteiger partial charge in [-0.05, 0) is 42.5 Å². The van der Waals surface area contributed by atoms with Crippen molar-refractivity contribution >= 4 is 34.6 Å². The molecule has 0 spiro atoms. The standard InChI is InChI=1S/C20H24N4O3/c1-15(25)22-18-4-2-3-17(13-18)21-14-20(26)23-16-5-7-19(8-6-16)24-9-11-27-12-10-24/h2-8,13,21H,9-12,14H2,1H3,(H,22,25)(H,23,26). The van der Waals surface area contributed by atoms with Crippen molar-refractivity contribution < 1.29 is 14.3 Å². The number of amides is 2. The molecule has 0 unspecified atom stereocenters. The zero-order valence-corrected chi connectivity index (χ0v) is 15.3. The third-order valence-corrected chi connectivity index (χ3v) is 4.16.